The summed E-state index contributed by atoms with van der Waals surface area (Å²) in [5.41, 5.74) is 6.05. The highest BCUT2D eigenvalue weighted by atomic mass is 16.2. The van der Waals surface area contributed by atoms with Gasteiger partial charge in [-0.3, -0.25) is 9.59 Å². The lowest BCUT2D eigenvalue weighted by Gasteiger charge is -2.36. The predicted molar refractivity (Wildman–Crippen MR) is 75.4 cm³/mol. The molecule has 0 spiro atoms. The maximum Gasteiger partial charge on any atom is 0.241 e. The number of likely N-dealkylation sites (N-methyl/N-ethyl adjacent to an activating group) is 2. The SMILES string of the molecule is CCN(CC(=O)N(C)C)C(=O)C1CCCC(N)C1C. The molecular formula is C14H27N3O2. The first kappa shape index (κ1) is 16.0. The van der Waals surface area contributed by atoms with Crippen molar-refractivity contribution in [2.45, 2.75) is 39.2 Å². The molecule has 5 heteroatoms. The minimum atomic E-state index is -0.0389. The van der Waals surface area contributed by atoms with Gasteiger partial charge in [0.15, 0.2) is 0 Å². The highest BCUT2D eigenvalue weighted by Gasteiger charge is 2.35. The van der Waals surface area contributed by atoms with Crippen LogP contribution < -0.4 is 5.73 Å². The number of amides is 2. The normalized spacial score (nSPS) is 26.9. The Labute approximate surface area is 116 Å². The fourth-order valence-electron chi connectivity index (χ4n) is 2.63. The molecule has 19 heavy (non-hydrogen) atoms. The minimum Gasteiger partial charge on any atom is -0.347 e. The summed E-state index contributed by atoms with van der Waals surface area (Å²) in [7, 11) is 3.42. The van der Waals surface area contributed by atoms with E-state index < -0.39 is 0 Å². The largest absolute Gasteiger partial charge is 0.347 e. The van der Waals surface area contributed by atoms with Crippen LogP contribution in [0.2, 0.25) is 0 Å². The van der Waals surface area contributed by atoms with Crippen LogP contribution in [0.5, 0.6) is 0 Å². The van der Waals surface area contributed by atoms with Gasteiger partial charge in [0.1, 0.15) is 0 Å². The smallest absolute Gasteiger partial charge is 0.241 e. The van der Waals surface area contributed by atoms with Gasteiger partial charge in [0.05, 0.1) is 6.54 Å². The molecule has 0 aromatic heterocycles. The molecule has 3 unspecified atom stereocenters. The molecule has 0 aromatic carbocycles. The summed E-state index contributed by atoms with van der Waals surface area (Å²) >= 11 is 0. The van der Waals surface area contributed by atoms with E-state index in [1.54, 1.807) is 19.0 Å². The van der Waals surface area contributed by atoms with Gasteiger partial charge in [-0.15, -0.1) is 0 Å². The van der Waals surface area contributed by atoms with Crippen LogP contribution in [0.1, 0.15) is 33.1 Å². The molecule has 1 saturated carbocycles. The van der Waals surface area contributed by atoms with Crippen molar-refractivity contribution < 1.29 is 9.59 Å². The zero-order valence-corrected chi connectivity index (χ0v) is 12.6. The Morgan fingerprint density at radius 2 is 1.89 bits per heavy atom. The molecule has 0 aromatic rings. The van der Waals surface area contributed by atoms with E-state index in [4.69, 9.17) is 5.73 Å². The maximum atomic E-state index is 12.5. The average Bonchev–Trinajstić information content (AvgIpc) is 2.38. The summed E-state index contributed by atoms with van der Waals surface area (Å²) in [6.45, 7) is 4.69. The van der Waals surface area contributed by atoms with Crippen molar-refractivity contribution in [1.82, 2.24) is 9.80 Å². The Kier molecular flexibility index (Phi) is 5.79. The molecule has 1 aliphatic rings. The molecule has 0 saturated heterocycles. The first-order valence-electron chi connectivity index (χ1n) is 7.13. The first-order valence-corrected chi connectivity index (χ1v) is 7.13. The van der Waals surface area contributed by atoms with Crippen molar-refractivity contribution in [3.63, 3.8) is 0 Å². The topological polar surface area (TPSA) is 66.6 Å². The maximum absolute atomic E-state index is 12.5. The number of nitrogens with two attached hydrogens (primary N) is 1. The van der Waals surface area contributed by atoms with Crippen molar-refractivity contribution in [1.29, 1.82) is 0 Å². The molecular weight excluding hydrogens is 242 g/mol. The van der Waals surface area contributed by atoms with Crippen LogP contribution in [-0.2, 0) is 9.59 Å². The lowest BCUT2D eigenvalue weighted by molar-refractivity contribution is -0.143. The molecule has 110 valence electrons. The van der Waals surface area contributed by atoms with E-state index in [-0.39, 0.29) is 36.2 Å². The molecule has 0 bridgehead atoms. The van der Waals surface area contributed by atoms with Gasteiger partial charge in [-0.05, 0) is 25.7 Å². The van der Waals surface area contributed by atoms with E-state index in [1.807, 2.05) is 13.8 Å². The molecule has 1 fully saturated rings. The van der Waals surface area contributed by atoms with E-state index >= 15 is 0 Å². The van der Waals surface area contributed by atoms with E-state index in [0.29, 0.717) is 6.54 Å². The van der Waals surface area contributed by atoms with Gasteiger partial charge in [-0.1, -0.05) is 13.3 Å². The Morgan fingerprint density at radius 3 is 2.42 bits per heavy atom. The molecule has 3 atom stereocenters. The zero-order valence-electron chi connectivity index (χ0n) is 12.6. The second kappa shape index (κ2) is 6.89. The summed E-state index contributed by atoms with van der Waals surface area (Å²) in [6.07, 6.45) is 2.88. The molecule has 1 rings (SSSR count). The fourth-order valence-corrected chi connectivity index (χ4v) is 2.63. The number of nitrogens with zero attached hydrogens (tertiary/aromatic N) is 2. The molecule has 2 N–H and O–H groups in total. The summed E-state index contributed by atoms with van der Waals surface area (Å²) < 4.78 is 0. The van der Waals surface area contributed by atoms with Gasteiger partial charge in [0.25, 0.3) is 0 Å². The summed E-state index contributed by atoms with van der Waals surface area (Å²) in [4.78, 5) is 27.5. The highest BCUT2D eigenvalue weighted by Crippen LogP contribution is 2.30. The average molecular weight is 269 g/mol. The molecule has 0 heterocycles. The minimum absolute atomic E-state index is 0.0290. The van der Waals surface area contributed by atoms with Gasteiger partial charge < -0.3 is 15.5 Å². The lowest BCUT2D eigenvalue weighted by Crippen LogP contribution is -2.48. The predicted octanol–water partition coefficient (Wildman–Crippen LogP) is 0.687. The number of carbonyl (C=O) groups excluding carboxylic acids is 2. The Morgan fingerprint density at radius 1 is 1.26 bits per heavy atom. The van der Waals surface area contributed by atoms with Gasteiger partial charge in [-0.25, -0.2) is 0 Å². The van der Waals surface area contributed by atoms with Crippen LogP contribution in [0.4, 0.5) is 0 Å². The Balaban J connectivity index is 2.69. The molecule has 5 nitrogen and oxygen atoms in total. The number of rotatable bonds is 4. The molecule has 1 aliphatic carbocycles. The van der Waals surface area contributed by atoms with Crippen LogP contribution in [-0.4, -0.2) is 54.8 Å². The summed E-state index contributed by atoms with van der Waals surface area (Å²) in [5.74, 6) is 0.215. The molecule has 0 radical (unpaired) electrons. The standard InChI is InChI=1S/C14H27N3O2/c1-5-17(9-13(18)16(3)4)14(19)11-7-6-8-12(15)10(11)2/h10-12H,5-9,15H2,1-4H3. The first-order chi connectivity index (χ1) is 8.88. The van der Waals surface area contributed by atoms with Crippen LogP contribution in [0.3, 0.4) is 0 Å². The van der Waals surface area contributed by atoms with Crippen molar-refractivity contribution in [2.24, 2.45) is 17.6 Å². The third-order valence-corrected chi connectivity index (χ3v) is 4.20. The Bertz CT molecular complexity index is 331. The van der Waals surface area contributed by atoms with Crippen LogP contribution in [0.25, 0.3) is 0 Å². The van der Waals surface area contributed by atoms with Gasteiger partial charge in [0.2, 0.25) is 11.8 Å². The Hall–Kier alpha value is -1.10. The summed E-state index contributed by atoms with van der Waals surface area (Å²) in [5, 5.41) is 0. The van der Waals surface area contributed by atoms with E-state index in [2.05, 4.69) is 0 Å². The highest BCUT2D eigenvalue weighted by molar-refractivity contribution is 5.86. The van der Waals surface area contributed by atoms with E-state index in [1.165, 1.54) is 4.90 Å². The lowest BCUT2D eigenvalue weighted by atomic mass is 9.76. The third kappa shape index (κ3) is 3.93. The second-order valence-electron chi connectivity index (χ2n) is 5.70. The van der Waals surface area contributed by atoms with Crippen LogP contribution >= 0.6 is 0 Å². The number of hydrogen-bond acceptors (Lipinski definition) is 3. The second-order valence-corrected chi connectivity index (χ2v) is 5.70. The number of carbonyl (C=O) groups is 2. The number of hydrogen-bond donors (Lipinski definition) is 1. The van der Waals surface area contributed by atoms with E-state index in [0.717, 1.165) is 19.3 Å². The molecule has 0 aliphatic heterocycles. The van der Waals surface area contributed by atoms with Crippen molar-refractivity contribution in [3.8, 4) is 0 Å². The van der Waals surface area contributed by atoms with Crippen LogP contribution in [0, 0.1) is 11.8 Å². The molecule has 2 amide bonds. The van der Waals surface area contributed by atoms with Crippen molar-refractivity contribution in [2.75, 3.05) is 27.2 Å². The monoisotopic (exact) mass is 269 g/mol. The zero-order chi connectivity index (χ0) is 14.6. The van der Waals surface area contributed by atoms with Gasteiger partial charge in [0, 0.05) is 32.6 Å². The van der Waals surface area contributed by atoms with Gasteiger partial charge >= 0.3 is 0 Å². The summed E-state index contributed by atoms with van der Waals surface area (Å²) in [6, 6.07) is 0.103. The third-order valence-electron chi connectivity index (χ3n) is 4.20. The van der Waals surface area contributed by atoms with E-state index in [9.17, 15) is 9.59 Å². The van der Waals surface area contributed by atoms with Gasteiger partial charge in [-0.2, -0.15) is 0 Å². The van der Waals surface area contributed by atoms with Crippen molar-refractivity contribution in [3.05, 3.63) is 0 Å². The fraction of sp³-hybridized carbons (Fsp3) is 0.857. The quantitative estimate of drug-likeness (QED) is 0.816. The van der Waals surface area contributed by atoms with Crippen LogP contribution in [0.15, 0.2) is 0 Å². The van der Waals surface area contributed by atoms with Crippen molar-refractivity contribution >= 4 is 11.8 Å².